The fourth-order valence-corrected chi connectivity index (χ4v) is 1.43. The second-order valence-corrected chi connectivity index (χ2v) is 3.49. The van der Waals surface area contributed by atoms with Gasteiger partial charge < -0.3 is 10.0 Å². The molecule has 1 rings (SSSR count). The van der Waals surface area contributed by atoms with E-state index < -0.39 is 17.6 Å². The first-order valence-electron chi connectivity index (χ1n) is 4.89. The predicted octanol–water partition coefficient (Wildman–Crippen LogP) is 2.27. The van der Waals surface area contributed by atoms with Crippen molar-refractivity contribution in [3.05, 3.63) is 29.8 Å². The number of nitrogens with zero attached hydrogens (tertiary/aromatic N) is 1. The zero-order valence-corrected chi connectivity index (χ0v) is 8.91. The van der Waals surface area contributed by atoms with E-state index in [0.29, 0.717) is 13.0 Å². The summed E-state index contributed by atoms with van der Waals surface area (Å²) in [5, 5.41) is 8.44. The van der Waals surface area contributed by atoms with E-state index >= 15 is 0 Å². The number of aliphatic carboxylic acids is 1. The van der Waals surface area contributed by atoms with Gasteiger partial charge in [0.1, 0.15) is 17.3 Å². The van der Waals surface area contributed by atoms with E-state index in [0.717, 1.165) is 0 Å². The fraction of sp³-hybridized carbons (Fsp3) is 0.364. The first kappa shape index (κ1) is 12.4. The number of para-hydroxylation sites is 1. The molecular formula is C11H13F2NO2. The van der Waals surface area contributed by atoms with Crippen LogP contribution in [0.25, 0.3) is 0 Å². The average molecular weight is 229 g/mol. The van der Waals surface area contributed by atoms with Crippen molar-refractivity contribution >= 4 is 11.7 Å². The summed E-state index contributed by atoms with van der Waals surface area (Å²) in [4.78, 5) is 11.7. The number of halogens is 2. The summed E-state index contributed by atoms with van der Waals surface area (Å²) in [6.45, 7) is 0.296. The minimum atomic E-state index is -0.914. The zero-order chi connectivity index (χ0) is 12.1. The lowest BCUT2D eigenvalue weighted by atomic mass is 10.2. The lowest BCUT2D eigenvalue weighted by Gasteiger charge is -2.19. The molecule has 1 aromatic rings. The van der Waals surface area contributed by atoms with Gasteiger partial charge in [0.2, 0.25) is 0 Å². The molecule has 0 saturated carbocycles. The van der Waals surface area contributed by atoms with Crippen molar-refractivity contribution in [1.82, 2.24) is 0 Å². The molecule has 0 aromatic heterocycles. The Balaban J connectivity index is 2.65. The molecule has 5 heteroatoms. The van der Waals surface area contributed by atoms with Crippen LogP contribution in [0.1, 0.15) is 12.8 Å². The highest BCUT2D eigenvalue weighted by atomic mass is 19.1. The number of carboxylic acid groups (broad SMARTS) is 1. The summed E-state index contributed by atoms with van der Waals surface area (Å²) in [7, 11) is 1.53. The van der Waals surface area contributed by atoms with Crippen LogP contribution in [0.4, 0.5) is 14.5 Å². The molecule has 0 atom stereocenters. The zero-order valence-electron chi connectivity index (χ0n) is 8.91. The van der Waals surface area contributed by atoms with Crippen LogP contribution in [-0.2, 0) is 4.79 Å². The normalized spacial score (nSPS) is 10.2. The van der Waals surface area contributed by atoms with Crippen LogP contribution in [0.3, 0.4) is 0 Å². The van der Waals surface area contributed by atoms with Crippen molar-refractivity contribution in [2.24, 2.45) is 0 Å². The summed E-state index contributed by atoms with van der Waals surface area (Å²) in [6.07, 6.45) is 0.333. The summed E-state index contributed by atoms with van der Waals surface area (Å²) < 4.78 is 26.6. The van der Waals surface area contributed by atoms with E-state index in [1.165, 1.54) is 30.1 Å². The molecule has 0 aliphatic heterocycles. The highest BCUT2D eigenvalue weighted by Crippen LogP contribution is 2.21. The van der Waals surface area contributed by atoms with Gasteiger partial charge in [0.15, 0.2) is 0 Å². The molecule has 16 heavy (non-hydrogen) atoms. The average Bonchev–Trinajstić information content (AvgIpc) is 2.16. The molecule has 0 aliphatic carbocycles. The van der Waals surface area contributed by atoms with Crippen LogP contribution in [-0.4, -0.2) is 24.7 Å². The Morgan fingerprint density at radius 2 is 1.94 bits per heavy atom. The molecule has 0 radical (unpaired) electrons. The number of rotatable bonds is 5. The lowest BCUT2D eigenvalue weighted by molar-refractivity contribution is -0.137. The van der Waals surface area contributed by atoms with Gasteiger partial charge in [-0.2, -0.15) is 0 Å². The highest BCUT2D eigenvalue weighted by Gasteiger charge is 2.12. The van der Waals surface area contributed by atoms with Crippen molar-refractivity contribution < 1.29 is 18.7 Å². The number of carbonyl (C=O) groups is 1. The van der Waals surface area contributed by atoms with Gasteiger partial charge in [0.05, 0.1) is 0 Å². The first-order chi connectivity index (χ1) is 7.52. The molecule has 0 aliphatic rings. The van der Waals surface area contributed by atoms with Crippen molar-refractivity contribution in [2.45, 2.75) is 12.8 Å². The van der Waals surface area contributed by atoms with Crippen LogP contribution in [0.15, 0.2) is 18.2 Å². The van der Waals surface area contributed by atoms with Crippen LogP contribution in [0, 0.1) is 11.6 Å². The smallest absolute Gasteiger partial charge is 0.303 e. The van der Waals surface area contributed by atoms with Crippen LogP contribution in [0.5, 0.6) is 0 Å². The number of hydrogen-bond donors (Lipinski definition) is 1. The van der Waals surface area contributed by atoms with E-state index in [9.17, 15) is 13.6 Å². The van der Waals surface area contributed by atoms with Gasteiger partial charge in [0, 0.05) is 20.0 Å². The molecule has 0 amide bonds. The Morgan fingerprint density at radius 1 is 1.38 bits per heavy atom. The minimum absolute atomic E-state index is 0.0135. The lowest BCUT2D eigenvalue weighted by Crippen LogP contribution is -2.21. The molecule has 1 N–H and O–H groups in total. The third-order valence-electron chi connectivity index (χ3n) is 2.20. The van der Waals surface area contributed by atoms with Crippen molar-refractivity contribution in [1.29, 1.82) is 0 Å². The molecule has 88 valence electrons. The summed E-state index contributed by atoms with van der Waals surface area (Å²) in [5.41, 5.74) is -0.118. The number of anilines is 1. The maximum atomic E-state index is 13.3. The molecule has 0 saturated heterocycles. The maximum Gasteiger partial charge on any atom is 0.303 e. The van der Waals surface area contributed by atoms with E-state index in [4.69, 9.17) is 5.11 Å². The van der Waals surface area contributed by atoms with E-state index in [1.54, 1.807) is 0 Å². The van der Waals surface area contributed by atoms with Crippen LogP contribution < -0.4 is 4.90 Å². The highest BCUT2D eigenvalue weighted by molar-refractivity contribution is 5.66. The fourth-order valence-electron chi connectivity index (χ4n) is 1.43. The quantitative estimate of drug-likeness (QED) is 0.842. The van der Waals surface area contributed by atoms with Gasteiger partial charge in [-0.15, -0.1) is 0 Å². The van der Waals surface area contributed by atoms with E-state index in [2.05, 4.69) is 0 Å². The molecule has 0 fully saturated rings. The molecule has 0 heterocycles. The van der Waals surface area contributed by atoms with Crippen LogP contribution >= 0.6 is 0 Å². The Labute approximate surface area is 92.3 Å². The summed E-state index contributed by atoms with van der Waals surface area (Å²) >= 11 is 0. The van der Waals surface area contributed by atoms with Gasteiger partial charge >= 0.3 is 5.97 Å². The van der Waals surface area contributed by atoms with E-state index in [1.807, 2.05) is 0 Å². The van der Waals surface area contributed by atoms with Crippen molar-refractivity contribution in [2.75, 3.05) is 18.5 Å². The molecule has 0 spiro atoms. The number of benzene rings is 1. The largest absolute Gasteiger partial charge is 0.481 e. The number of hydrogen-bond acceptors (Lipinski definition) is 2. The predicted molar refractivity (Wildman–Crippen MR) is 56.5 cm³/mol. The molecular weight excluding hydrogens is 216 g/mol. The molecule has 0 unspecified atom stereocenters. The topological polar surface area (TPSA) is 40.5 Å². The maximum absolute atomic E-state index is 13.3. The Hall–Kier alpha value is -1.65. The first-order valence-corrected chi connectivity index (χ1v) is 4.89. The van der Waals surface area contributed by atoms with Gasteiger partial charge in [-0.25, -0.2) is 8.78 Å². The summed E-state index contributed by atoms with van der Waals surface area (Å²) in [5.74, 6) is -2.20. The minimum Gasteiger partial charge on any atom is -0.481 e. The number of carboxylic acids is 1. The Morgan fingerprint density at radius 3 is 2.44 bits per heavy atom. The van der Waals surface area contributed by atoms with Crippen molar-refractivity contribution in [3.63, 3.8) is 0 Å². The van der Waals surface area contributed by atoms with E-state index in [-0.39, 0.29) is 12.1 Å². The Bertz CT molecular complexity index is 362. The third-order valence-corrected chi connectivity index (χ3v) is 2.20. The molecule has 1 aromatic carbocycles. The summed E-state index contributed by atoms with van der Waals surface area (Å²) in [6, 6.07) is 3.64. The standard InChI is InChI=1S/C11H13F2NO2/c1-14(7-3-6-10(15)16)11-8(12)4-2-5-9(11)13/h2,4-5H,3,6-7H2,1H3,(H,15,16). The second kappa shape index (κ2) is 5.44. The van der Waals surface area contributed by atoms with Crippen LogP contribution in [0.2, 0.25) is 0 Å². The van der Waals surface area contributed by atoms with Gasteiger partial charge in [0.25, 0.3) is 0 Å². The van der Waals surface area contributed by atoms with Gasteiger partial charge in [-0.1, -0.05) is 6.07 Å². The Kier molecular flexibility index (Phi) is 4.22. The third kappa shape index (κ3) is 3.18. The van der Waals surface area contributed by atoms with Gasteiger partial charge in [-0.05, 0) is 18.6 Å². The van der Waals surface area contributed by atoms with Crippen molar-refractivity contribution in [3.8, 4) is 0 Å². The SMILES string of the molecule is CN(CCCC(=O)O)c1c(F)cccc1F. The van der Waals surface area contributed by atoms with Gasteiger partial charge in [-0.3, -0.25) is 4.79 Å². The second-order valence-electron chi connectivity index (χ2n) is 3.49. The molecule has 0 bridgehead atoms. The molecule has 3 nitrogen and oxygen atoms in total. The monoisotopic (exact) mass is 229 g/mol.